The maximum atomic E-state index is 13.8. The van der Waals surface area contributed by atoms with Gasteiger partial charge in [0.1, 0.15) is 12.5 Å². The normalized spacial score (nSPS) is 12.1. The van der Waals surface area contributed by atoms with E-state index in [1.54, 1.807) is 0 Å². The van der Waals surface area contributed by atoms with Crippen molar-refractivity contribution in [1.82, 2.24) is 10.1 Å². The van der Waals surface area contributed by atoms with Gasteiger partial charge in [0.15, 0.2) is 0 Å². The molecular formula is C13H13FN2O4S. The molecule has 0 spiro atoms. The van der Waals surface area contributed by atoms with E-state index in [-0.39, 0.29) is 23.0 Å². The Labute approximate surface area is 122 Å². The smallest absolute Gasteiger partial charge is 0.336 e. The van der Waals surface area contributed by atoms with E-state index in [9.17, 15) is 18.2 Å². The Morgan fingerprint density at radius 1 is 1.48 bits per heavy atom. The van der Waals surface area contributed by atoms with Crippen LogP contribution >= 0.6 is 0 Å². The minimum absolute atomic E-state index is 0.00408. The van der Waals surface area contributed by atoms with Crippen LogP contribution in [0.2, 0.25) is 0 Å². The van der Waals surface area contributed by atoms with Gasteiger partial charge in [-0.2, -0.15) is 4.74 Å². The second kappa shape index (κ2) is 6.04. The van der Waals surface area contributed by atoms with E-state index in [4.69, 9.17) is 4.52 Å². The van der Waals surface area contributed by atoms with Crippen molar-refractivity contribution in [1.29, 1.82) is 0 Å². The maximum absolute atomic E-state index is 13.8. The zero-order chi connectivity index (χ0) is 15.6. The molecular weight excluding hydrogens is 299 g/mol. The molecule has 1 aromatic carbocycles. The summed E-state index contributed by atoms with van der Waals surface area (Å²) in [6.45, 7) is 1.34. The number of benzene rings is 1. The van der Waals surface area contributed by atoms with Crippen LogP contribution in [0.5, 0.6) is 0 Å². The van der Waals surface area contributed by atoms with Crippen molar-refractivity contribution < 1.29 is 17.9 Å². The highest BCUT2D eigenvalue weighted by molar-refractivity contribution is 7.84. The molecule has 6 nitrogen and oxygen atoms in total. The number of hydrogen-bond donors (Lipinski definition) is 1. The summed E-state index contributed by atoms with van der Waals surface area (Å²) in [6, 6.07) is 3.99. The first-order valence-corrected chi connectivity index (χ1v) is 7.53. The number of aromatic nitrogens is 1. The Balaban J connectivity index is 2.34. The highest BCUT2D eigenvalue weighted by Gasteiger charge is 2.13. The average molecular weight is 312 g/mol. The maximum Gasteiger partial charge on any atom is 0.365 e. The SMILES string of the molecule is CC(=O)NCn1cc(-c2ccc(S(C)=O)c(F)c2)c(=O)o1. The van der Waals surface area contributed by atoms with E-state index in [1.165, 1.54) is 31.5 Å². The van der Waals surface area contributed by atoms with Crippen LogP contribution < -0.4 is 10.9 Å². The molecule has 1 N–H and O–H groups in total. The molecule has 1 amide bonds. The van der Waals surface area contributed by atoms with Gasteiger partial charge in [-0.25, -0.2) is 9.18 Å². The third-order valence-electron chi connectivity index (χ3n) is 2.73. The molecule has 0 aliphatic rings. The number of nitrogens with one attached hydrogen (secondary N) is 1. The molecule has 8 heteroatoms. The van der Waals surface area contributed by atoms with Gasteiger partial charge in [-0.15, -0.1) is 0 Å². The van der Waals surface area contributed by atoms with Gasteiger partial charge in [-0.3, -0.25) is 9.00 Å². The van der Waals surface area contributed by atoms with Gasteiger partial charge >= 0.3 is 5.63 Å². The highest BCUT2D eigenvalue weighted by Crippen LogP contribution is 2.21. The fraction of sp³-hybridized carbons (Fsp3) is 0.231. The first kappa shape index (κ1) is 15.2. The third kappa shape index (κ3) is 3.46. The van der Waals surface area contributed by atoms with Gasteiger partial charge in [-0.1, -0.05) is 6.07 Å². The predicted molar refractivity (Wildman–Crippen MR) is 74.5 cm³/mol. The Morgan fingerprint density at radius 2 is 2.19 bits per heavy atom. The standard InChI is InChI=1S/C13H13FN2O4S/c1-8(17)15-7-16-6-10(13(18)20-16)9-3-4-12(21(2)19)11(14)5-9/h3-6H,7H2,1-2H3,(H,15,17). The minimum Gasteiger partial charge on any atom is -0.336 e. The van der Waals surface area contributed by atoms with Crippen LogP contribution in [-0.4, -0.2) is 21.1 Å². The van der Waals surface area contributed by atoms with Crippen LogP contribution in [-0.2, 0) is 22.3 Å². The lowest BCUT2D eigenvalue weighted by Gasteiger charge is -2.01. The van der Waals surface area contributed by atoms with Crippen LogP contribution in [0.1, 0.15) is 6.92 Å². The zero-order valence-electron chi connectivity index (χ0n) is 11.4. The molecule has 1 heterocycles. The number of halogens is 1. The van der Waals surface area contributed by atoms with E-state index in [1.807, 2.05) is 0 Å². The highest BCUT2D eigenvalue weighted by atomic mass is 32.2. The first-order chi connectivity index (χ1) is 9.88. The van der Waals surface area contributed by atoms with E-state index >= 15 is 0 Å². The summed E-state index contributed by atoms with van der Waals surface area (Å²) in [7, 11) is -1.44. The van der Waals surface area contributed by atoms with E-state index < -0.39 is 22.2 Å². The summed E-state index contributed by atoms with van der Waals surface area (Å²) in [6.07, 6.45) is 2.74. The predicted octanol–water partition coefficient (Wildman–Crippen LogP) is 1.08. The van der Waals surface area contributed by atoms with Gasteiger partial charge in [0.2, 0.25) is 5.91 Å². The van der Waals surface area contributed by atoms with Crippen molar-refractivity contribution in [2.45, 2.75) is 18.5 Å². The van der Waals surface area contributed by atoms with E-state index in [0.29, 0.717) is 5.56 Å². The summed E-state index contributed by atoms with van der Waals surface area (Å²) in [5.74, 6) is -0.920. The van der Waals surface area contributed by atoms with Gasteiger partial charge in [0, 0.05) is 13.2 Å². The first-order valence-electron chi connectivity index (χ1n) is 5.97. The summed E-state index contributed by atoms with van der Waals surface area (Å²) < 4.78 is 31.1. The Kier molecular flexibility index (Phi) is 4.37. The lowest BCUT2D eigenvalue weighted by atomic mass is 10.1. The number of nitrogens with zero attached hydrogens (tertiary/aromatic N) is 1. The van der Waals surface area contributed by atoms with Gasteiger partial charge in [0.25, 0.3) is 0 Å². The monoisotopic (exact) mass is 312 g/mol. The molecule has 0 bridgehead atoms. The summed E-state index contributed by atoms with van der Waals surface area (Å²) in [4.78, 5) is 22.6. The Bertz CT molecular complexity index is 766. The number of hydrogen-bond acceptors (Lipinski definition) is 4. The Hall–Kier alpha value is -2.22. The number of rotatable bonds is 4. The quantitative estimate of drug-likeness (QED) is 0.916. The molecule has 0 aliphatic carbocycles. The molecule has 2 aromatic rings. The Morgan fingerprint density at radius 3 is 2.76 bits per heavy atom. The van der Waals surface area contributed by atoms with Crippen LogP contribution in [0.3, 0.4) is 0 Å². The zero-order valence-corrected chi connectivity index (χ0v) is 12.2. The van der Waals surface area contributed by atoms with Gasteiger partial charge in [0.05, 0.1) is 27.5 Å². The number of carbonyl (C=O) groups excluding carboxylic acids is 1. The second-order valence-corrected chi connectivity index (χ2v) is 5.68. The van der Waals surface area contributed by atoms with Gasteiger partial charge < -0.3 is 9.84 Å². The molecule has 2 rings (SSSR count). The molecule has 0 fully saturated rings. The second-order valence-electron chi connectivity index (χ2n) is 4.33. The van der Waals surface area contributed by atoms with Crippen molar-refractivity contribution in [2.24, 2.45) is 0 Å². The van der Waals surface area contributed by atoms with Gasteiger partial charge in [-0.05, 0) is 17.7 Å². The van der Waals surface area contributed by atoms with Crippen LogP contribution in [0.15, 0.2) is 38.6 Å². The molecule has 0 saturated carbocycles. The van der Waals surface area contributed by atoms with Crippen LogP contribution in [0, 0.1) is 5.82 Å². The van der Waals surface area contributed by atoms with Crippen molar-refractivity contribution in [3.8, 4) is 11.1 Å². The van der Waals surface area contributed by atoms with Crippen LogP contribution in [0.4, 0.5) is 4.39 Å². The summed E-state index contributed by atoms with van der Waals surface area (Å²) in [5, 5.41) is 2.47. The van der Waals surface area contributed by atoms with Crippen molar-refractivity contribution in [2.75, 3.05) is 6.26 Å². The van der Waals surface area contributed by atoms with Crippen molar-refractivity contribution in [3.63, 3.8) is 0 Å². The molecule has 112 valence electrons. The third-order valence-corrected chi connectivity index (χ3v) is 3.68. The molecule has 1 unspecified atom stereocenters. The molecule has 0 saturated heterocycles. The summed E-state index contributed by atoms with van der Waals surface area (Å²) >= 11 is 0. The molecule has 1 aromatic heterocycles. The van der Waals surface area contributed by atoms with Crippen molar-refractivity contribution >= 4 is 16.7 Å². The van der Waals surface area contributed by atoms with Crippen LogP contribution in [0.25, 0.3) is 11.1 Å². The lowest BCUT2D eigenvalue weighted by molar-refractivity contribution is -0.119. The lowest BCUT2D eigenvalue weighted by Crippen LogP contribution is -2.22. The average Bonchev–Trinajstić information content (AvgIpc) is 2.77. The number of carbonyl (C=O) groups is 1. The molecule has 0 radical (unpaired) electrons. The van der Waals surface area contributed by atoms with Crippen molar-refractivity contribution in [3.05, 3.63) is 40.6 Å². The minimum atomic E-state index is -1.44. The molecule has 21 heavy (non-hydrogen) atoms. The molecule has 0 aliphatic heterocycles. The fourth-order valence-corrected chi connectivity index (χ4v) is 2.33. The largest absolute Gasteiger partial charge is 0.365 e. The van der Waals surface area contributed by atoms with E-state index in [2.05, 4.69) is 5.32 Å². The van der Waals surface area contributed by atoms with E-state index in [0.717, 1.165) is 10.8 Å². The topological polar surface area (TPSA) is 81.3 Å². The fourth-order valence-electron chi connectivity index (χ4n) is 1.74. The summed E-state index contributed by atoms with van der Waals surface area (Å²) in [5.41, 5.74) is -0.171. The number of amides is 1. The molecule has 1 atom stereocenters.